The average molecular weight is 602 g/mol. The van der Waals surface area contributed by atoms with Crippen molar-refractivity contribution in [2.45, 2.75) is 32.3 Å². The molecule has 5 rings (SSSR count). The molecule has 1 atom stereocenters. The summed E-state index contributed by atoms with van der Waals surface area (Å²) in [6, 6.07) is 16.6. The number of nitro benzene ring substituents is 1. The van der Waals surface area contributed by atoms with Crippen molar-refractivity contribution >= 4 is 57.4 Å². The Morgan fingerprint density at radius 3 is 2.53 bits per heavy atom. The number of methoxy groups -OCH3 is 2. The molecule has 0 saturated carbocycles. The van der Waals surface area contributed by atoms with Crippen LogP contribution in [0.4, 0.5) is 11.4 Å². The first-order valence-electron chi connectivity index (χ1n) is 13.5. The quantitative estimate of drug-likeness (QED) is 0.131. The van der Waals surface area contributed by atoms with Crippen molar-refractivity contribution in [3.8, 4) is 11.5 Å². The van der Waals surface area contributed by atoms with Crippen LogP contribution in [-0.2, 0) is 16.0 Å². The van der Waals surface area contributed by atoms with E-state index in [2.05, 4.69) is 5.32 Å². The Morgan fingerprint density at radius 2 is 1.81 bits per heavy atom. The summed E-state index contributed by atoms with van der Waals surface area (Å²) >= 11 is 6.12. The Morgan fingerprint density at radius 1 is 1.05 bits per heavy atom. The molecule has 1 aliphatic rings. The Labute approximate surface area is 252 Å². The van der Waals surface area contributed by atoms with Gasteiger partial charge in [-0.2, -0.15) is 0 Å². The summed E-state index contributed by atoms with van der Waals surface area (Å²) < 4.78 is 16.5. The Hall–Kier alpha value is -4.96. The lowest BCUT2D eigenvalue weighted by Gasteiger charge is -2.23. The number of carbonyl (C=O) groups is 2. The molecule has 43 heavy (non-hydrogen) atoms. The number of hydrogen-bond donors (Lipinski definition) is 1. The maximum Gasteiger partial charge on any atom is 0.339 e. The van der Waals surface area contributed by atoms with Crippen LogP contribution in [0.1, 0.15) is 46.9 Å². The Balaban J connectivity index is 1.46. The van der Waals surface area contributed by atoms with Gasteiger partial charge in [-0.05, 0) is 73.2 Å². The van der Waals surface area contributed by atoms with Crippen molar-refractivity contribution in [1.29, 1.82) is 0 Å². The normalized spacial score (nSPS) is 14.1. The number of allylic oxidation sites excluding steroid dienone is 1. The second-order valence-corrected chi connectivity index (χ2v) is 10.3. The van der Waals surface area contributed by atoms with E-state index >= 15 is 0 Å². The third-order valence-electron chi connectivity index (χ3n) is 7.20. The molecule has 1 amide bonds. The second kappa shape index (κ2) is 12.5. The predicted octanol–water partition coefficient (Wildman–Crippen LogP) is 6.87. The molecule has 0 saturated heterocycles. The highest BCUT2D eigenvalue weighted by Gasteiger charge is 2.28. The van der Waals surface area contributed by atoms with Gasteiger partial charge in [0.25, 0.3) is 11.6 Å². The number of rotatable bonds is 8. The Kier molecular flexibility index (Phi) is 8.58. The summed E-state index contributed by atoms with van der Waals surface area (Å²) in [6.07, 6.45) is 3.00. The lowest BCUT2D eigenvalue weighted by Crippen LogP contribution is -2.30. The number of halogens is 1. The zero-order valence-electron chi connectivity index (χ0n) is 23.7. The molecule has 0 bridgehead atoms. The third kappa shape index (κ3) is 6.14. The van der Waals surface area contributed by atoms with Gasteiger partial charge >= 0.3 is 5.97 Å². The van der Waals surface area contributed by atoms with Gasteiger partial charge in [0.05, 0.1) is 46.6 Å². The van der Waals surface area contributed by atoms with Gasteiger partial charge in [-0.3, -0.25) is 14.9 Å². The minimum atomic E-state index is -1.19. The molecule has 0 aliphatic heterocycles. The van der Waals surface area contributed by atoms with Crippen LogP contribution < -0.4 is 14.8 Å². The van der Waals surface area contributed by atoms with Crippen molar-refractivity contribution in [2.24, 2.45) is 0 Å². The van der Waals surface area contributed by atoms with Crippen molar-refractivity contribution in [3.63, 3.8) is 0 Å². The van der Waals surface area contributed by atoms with Gasteiger partial charge in [0.2, 0.25) is 0 Å². The molecule has 0 fully saturated rings. The first kappa shape index (κ1) is 29.5. The van der Waals surface area contributed by atoms with Gasteiger partial charge in [-0.15, -0.1) is 0 Å². The topological polar surface area (TPSA) is 130 Å². The van der Waals surface area contributed by atoms with Gasteiger partial charge in [0, 0.05) is 17.5 Å². The van der Waals surface area contributed by atoms with Crippen LogP contribution in [0.25, 0.3) is 22.6 Å². The number of fused-ring (bicyclic) bond motifs is 2. The Bertz CT molecular complexity index is 1790. The highest BCUT2D eigenvalue weighted by molar-refractivity contribution is 6.34. The number of benzene rings is 3. The number of nitro groups is 1. The molecule has 4 aromatic rings. The van der Waals surface area contributed by atoms with E-state index in [0.717, 1.165) is 35.6 Å². The lowest BCUT2D eigenvalue weighted by atomic mass is 9.86. The number of hydrogen-bond acceptors (Lipinski definition) is 8. The van der Waals surface area contributed by atoms with Gasteiger partial charge in [0.15, 0.2) is 17.6 Å². The summed E-state index contributed by atoms with van der Waals surface area (Å²) in [4.78, 5) is 42.0. The van der Waals surface area contributed by atoms with Gasteiger partial charge < -0.3 is 19.5 Å². The zero-order chi connectivity index (χ0) is 30.7. The fraction of sp³-hybridized carbons (Fsp3) is 0.219. The van der Waals surface area contributed by atoms with E-state index in [-0.39, 0.29) is 16.4 Å². The smallest absolute Gasteiger partial charge is 0.339 e. The van der Waals surface area contributed by atoms with E-state index in [1.807, 2.05) is 48.5 Å². The maximum absolute atomic E-state index is 13.7. The van der Waals surface area contributed by atoms with E-state index in [4.69, 9.17) is 30.8 Å². The molecule has 10 nitrogen and oxygen atoms in total. The highest BCUT2D eigenvalue weighted by Crippen LogP contribution is 2.38. The van der Waals surface area contributed by atoms with Crippen LogP contribution in [0.2, 0.25) is 5.02 Å². The maximum atomic E-state index is 13.7. The summed E-state index contributed by atoms with van der Waals surface area (Å²) in [5.41, 5.74) is 4.28. The minimum Gasteiger partial charge on any atom is -0.493 e. The molecular weight excluding hydrogens is 574 g/mol. The number of ether oxygens (including phenoxy) is 3. The summed E-state index contributed by atoms with van der Waals surface area (Å²) in [7, 11) is 3.16. The number of nitrogens with one attached hydrogen (secondary N) is 1. The van der Waals surface area contributed by atoms with Crippen LogP contribution >= 0.6 is 11.6 Å². The molecule has 1 N–H and O–H groups in total. The zero-order valence-corrected chi connectivity index (χ0v) is 24.4. The van der Waals surface area contributed by atoms with E-state index in [9.17, 15) is 19.7 Å². The molecule has 220 valence electrons. The van der Waals surface area contributed by atoms with Crippen molar-refractivity contribution in [3.05, 3.63) is 98.2 Å². The molecule has 3 aromatic carbocycles. The fourth-order valence-electron chi connectivity index (χ4n) is 5.08. The summed E-state index contributed by atoms with van der Waals surface area (Å²) in [5, 5.41) is 14.2. The van der Waals surface area contributed by atoms with Gasteiger partial charge in [-0.1, -0.05) is 35.9 Å². The van der Waals surface area contributed by atoms with Gasteiger partial charge in [-0.25, -0.2) is 9.78 Å². The average Bonchev–Trinajstić information content (AvgIpc) is 3.00. The number of non-ortho nitro benzene ring substituents is 1. The molecule has 11 heteroatoms. The molecule has 1 aliphatic carbocycles. The number of esters is 1. The number of pyridine rings is 1. The molecule has 1 heterocycles. The van der Waals surface area contributed by atoms with Crippen LogP contribution in [0, 0.1) is 10.1 Å². The molecule has 1 aromatic heterocycles. The monoisotopic (exact) mass is 601 g/mol. The standard InChI is InChI=1S/C32H28ClN3O7/c1-18(31(37)35-26-13-12-21(36(39)40)17-24(26)33)43-32(38)29-22-8-4-5-10-25(22)34-30-20(7-6-9-23(29)30)15-19-11-14-27(41-2)28(16-19)42-3/h4-5,8,10-18H,6-7,9H2,1-3H3,(H,35,37)/b20-15+/t18-/m0/s1. The van der Waals surface area contributed by atoms with E-state index in [0.29, 0.717) is 40.1 Å². The largest absolute Gasteiger partial charge is 0.493 e. The fourth-order valence-corrected chi connectivity index (χ4v) is 5.30. The predicted molar refractivity (Wildman–Crippen MR) is 164 cm³/mol. The molecule has 0 spiro atoms. The number of amides is 1. The first-order valence-corrected chi connectivity index (χ1v) is 13.9. The van der Waals surface area contributed by atoms with Crippen LogP contribution in [0.15, 0.2) is 60.7 Å². The minimum absolute atomic E-state index is 0.0101. The number of aromatic nitrogens is 1. The van der Waals surface area contributed by atoms with Crippen LogP contribution in [-0.4, -0.2) is 42.1 Å². The number of anilines is 1. The molecule has 0 unspecified atom stereocenters. The van der Waals surface area contributed by atoms with Gasteiger partial charge in [0.1, 0.15) is 0 Å². The third-order valence-corrected chi connectivity index (χ3v) is 7.51. The van der Waals surface area contributed by atoms with Crippen molar-refractivity contribution in [1.82, 2.24) is 4.98 Å². The lowest BCUT2D eigenvalue weighted by molar-refractivity contribution is -0.384. The SMILES string of the molecule is COc1ccc(/C=C2\CCCc3c2nc2ccccc2c3C(=O)O[C@@H](C)C(=O)Nc2ccc([N+](=O)[O-])cc2Cl)cc1OC. The number of carbonyl (C=O) groups excluding carboxylic acids is 2. The van der Waals surface area contributed by atoms with E-state index in [1.165, 1.54) is 19.1 Å². The molecule has 0 radical (unpaired) electrons. The summed E-state index contributed by atoms with van der Waals surface area (Å²) in [5.74, 6) is -0.0622. The number of nitrogens with zero attached hydrogens (tertiary/aromatic N) is 2. The molecular formula is C32H28ClN3O7. The van der Waals surface area contributed by atoms with E-state index in [1.54, 1.807) is 14.2 Å². The van der Waals surface area contributed by atoms with Crippen molar-refractivity contribution < 1.29 is 28.7 Å². The van der Waals surface area contributed by atoms with Crippen LogP contribution in [0.3, 0.4) is 0 Å². The summed E-state index contributed by atoms with van der Waals surface area (Å²) in [6.45, 7) is 1.45. The van der Waals surface area contributed by atoms with Crippen molar-refractivity contribution in [2.75, 3.05) is 19.5 Å². The number of para-hydroxylation sites is 1. The first-order chi connectivity index (χ1) is 20.7. The van der Waals surface area contributed by atoms with E-state index < -0.39 is 22.9 Å². The second-order valence-electron chi connectivity index (χ2n) is 9.93. The van der Waals surface area contributed by atoms with Crippen LogP contribution in [0.5, 0.6) is 11.5 Å². The highest BCUT2D eigenvalue weighted by atomic mass is 35.5.